The maximum absolute atomic E-state index is 11.9. The Bertz CT molecular complexity index is 438. The van der Waals surface area contributed by atoms with Gasteiger partial charge in [0.15, 0.2) is 0 Å². The summed E-state index contributed by atoms with van der Waals surface area (Å²) < 4.78 is 5.25. The Morgan fingerprint density at radius 3 is 2.56 bits per heavy atom. The lowest BCUT2D eigenvalue weighted by Crippen LogP contribution is -2.34. The van der Waals surface area contributed by atoms with Gasteiger partial charge in [-0.25, -0.2) is 9.78 Å². The summed E-state index contributed by atoms with van der Waals surface area (Å²) >= 11 is 0. The van der Waals surface area contributed by atoms with Crippen molar-refractivity contribution in [2.24, 2.45) is 0 Å². The van der Waals surface area contributed by atoms with E-state index < -0.39 is 11.7 Å². The molecule has 0 aromatic carbocycles. The fraction of sp³-hybridized carbons (Fsp3) is 0.538. The minimum absolute atomic E-state index is 0.156. The van der Waals surface area contributed by atoms with Crippen molar-refractivity contribution in [1.29, 1.82) is 0 Å². The number of anilines is 1. The smallest absolute Gasteiger partial charge is 0.415 e. The van der Waals surface area contributed by atoms with Crippen LogP contribution in [0.5, 0.6) is 0 Å². The number of aliphatic hydroxyl groups is 1. The van der Waals surface area contributed by atoms with E-state index in [2.05, 4.69) is 4.98 Å². The van der Waals surface area contributed by atoms with Crippen molar-refractivity contribution in [3.8, 4) is 0 Å². The Morgan fingerprint density at radius 1 is 1.44 bits per heavy atom. The van der Waals surface area contributed by atoms with E-state index in [1.165, 1.54) is 4.90 Å². The van der Waals surface area contributed by atoms with Crippen molar-refractivity contribution in [3.63, 3.8) is 0 Å². The van der Waals surface area contributed by atoms with E-state index in [1.54, 1.807) is 19.2 Å². The highest BCUT2D eigenvalue weighted by Crippen LogP contribution is 2.17. The lowest BCUT2D eigenvalue weighted by Gasteiger charge is -2.24. The first-order valence-corrected chi connectivity index (χ1v) is 5.78. The molecule has 0 atom stereocenters. The number of nitrogens with zero attached hydrogens (tertiary/aromatic N) is 2. The maximum Gasteiger partial charge on any atom is 0.415 e. The first kappa shape index (κ1) is 14.4. The van der Waals surface area contributed by atoms with E-state index in [4.69, 9.17) is 9.84 Å². The fourth-order valence-electron chi connectivity index (χ4n) is 1.40. The number of pyridine rings is 1. The van der Waals surface area contributed by atoms with Crippen LogP contribution in [-0.4, -0.2) is 28.8 Å². The summed E-state index contributed by atoms with van der Waals surface area (Å²) in [4.78, 5) is 17.4. The Morgan fingerprint density at radius 2 is 2.06 bits per heavy atom. The van der Waals surface area contributed by atoms with Gasteiger partial charge in [-0.1, -0.05) is 0 Å². The van der Waals surface area contributed by atoms with Crippen LogP contribution in [0.25, 0.3) is 0 Å². The van der Waals surface area contributed by atoms with Gasteiger partial charge >= 0.3 is 6.09 Å². The molecule has 100 valence electrons. The van der Waals surface area contributed by atoms with Gasteiger partial charge in [0.05, 0.1) is 12.3 Å². The topological polar surface area (TPSA) is 62.7 Å². The van der Waals surface area contributed by atoms with E-state index in [1.807, 2.05) is 27.7 Å². The van der Waals surface area contributed by atoms with Gasteiger partial charge in [0.25, 0.3) is 0 Å². The Labute approximate surface area is 107 Å². The van der Waals surface area contributed by atoms with E-state index >= 15 is 0 Å². The number of amides is 1. The zero-order valence-electron chi connectivity index (χ0n) is 11.5. The molecule has 18 heavy (non-hydrogen) atoms. The minimum atomic E-state index is -0.547. The third-order valence-electron chi connectivity index (χ3n) is 2.18. The maximum atomic E-state index is 11.9. The largest absolute Gasteiger partial charge is 0.443 e. The van der Waals surface area contributed by atoms with Gasteiger partial charge in [-0.05, 0) is 45.4 Å². The molecule has 0 radical (unpaired) electrons. The van der Waals surface area contributed by atoms with Crippen molar-refractivity contribution in [1.82, 2.24) is 4.98 Å². The van der Waals surface area contributed by atoms with Crippen LogP contribution in [0, 0.1) is 6.92 Å². The summed E-state index contributed by atoms with van der Waals surface area (Å²) in [5.74, 6) is 0.466. The summed E-state index contributed by atoms with van der Waals surface area (Å²) in [7, 11) is 1.59. The molecule has 5 nitrogen and oxygen atoms in total. The molecule has 1 N–H and O–H groups in total. The quantitative estimate of drug-likeness (QED) is 0.877. The third kappa shape index (κ3) is 4.00. The second kappa shape index (κ2) is 5.35. The number of rotatable bonds is 2. The first-order chi connectivity index (χ1) is 8.23. The number of carbonyl (C=O) groups excluding carboxylic acids is 1. The second-order valence-electron chi connectivity index (χ2n) is 5.19. The summed E-state index contributed by atoms with van der Waals surface area (Å²) in [6.45, 7) is 7.15. The number of hydrogen-bond acceptors (Lipinski definition) is 4. The summed E-state index contributed by atoms with van der Waals surface area (Å²) in [6, 6.07) is 3.54. The van der Waals surface area contributed by atoms with Crippen molar-refractivity contribution in [2.75, 3.05) is 11.9 Å². The second-order valence-corrected chi connectivity index (χ2v) is 5.19. The van der Waals surface area contributed by atoms with Crippen LogP contribution < -0.4 is 4.90 Å². The molecule has 1 amide bonds. The van der Waals surface area contributed by atoms with Crippen molar-refractivity contribution < 1.29 is 14.6 Å². The highest BCUT2D eigenvalue weighted by atomic mass is 16.6. The van der Waals surface area contributed by atoms with Gasteiger partial charge in [0, 0.05) is 7.05 Å². The van der Waals surface area contributed by atoms with Crippen molar-refractivity contribution in [3.05, 3.63) is 23.4 Å². The van der Waals surface area contributed by atoms with E-state index in [0.29, 0.717) is 11.5 Å². The fourth-order valence-corrected chi connectivity index (χ4v) is 1.40. The lowest BCUT2D eigenvalue weighted by molar-refractivity contribution is 0.0588. The third-order valence-corrected chi connectivity index (χ3v) is 2.18. The Hall–Kier alpha value is -1.62. The van der Waals surface area contributed by atoms with Gasteiger partial charge in [0.2, 0.25) is 0 Å². The van der Waals surface area contributed by atoms with Crippen LogP contribution in [0.15, 0.2) is 12.1 Å². The monoisotopic (exact) mass is 252 g/mol. The van der Waals surface area contributed by atoms with Gasteiger partial charge in [-0.3, -0.25) is 4.90 Å². The number of ether oxygens (including phenoxy) is 1. The Balaban J connectivity index is 2.93. The summed E-state index contributed by atoms with van der Waals surface area (Å²) in [6.07, 6.45) is -0.468. The molecule has 0 unspecified atom stereocenters. The van der Waals surface area contributed by atoms with Crippen LogP contribution in [0.2, 0.25) is 0 Å². The average molecular weight is 252 g/mol. The molecule has 0 bridgehead atoms. The van der Waals surface area contributed by atoms with Crippen LogP contribution in [0.1, 0.15) is 32.0 Å². The molecule has 0 saturated heterocycles. The molecule has 1 rings (SSSR count). The molecule has 0 saturated carbocycles. The molecular weight excluding hydrogens is 232 g/mol. The Kier molecular flexibility index (Phi) is 4.29. The SMILES string of the molecule is Cc1cc(CO)nc(N(C)C(=O)OC(C)(C)C)c1. The highest BCUT2D eigenvalue weighted by Gasteiger charge is 2.21. The molecule has 0 spiro atoms. The standard InChI is InChI=1S/C13H20N2O3/c1-9-6-10(8-16)14-11(7-9)15(5)12(17)18-13(2,3)4/h6-7,16H,8H2,1-5H3. The van der Waals surface area contributed by atoms with Crippen LogP contribution in [-0.2, 0) is 11.3 Å². The molecule has 1 aromatic heterocycles. The predicted octanol–water partition coefficient (Wildman–Crippen LogP) is 2.25. The van der Waals surface area contributed by atoms with Gasteiger partial charge in [-0.2, -0.15) is 0 Å². The molecule has 1 aromatic rings. The van der Waals surface area contributed by atoms with Gasteiger partial charge in [-0.15, -0.1) is 0 Å². The van der Waals surface area contributed by atoms with E-state index in [-0.39, 0.29) is 6.61 Å². The first-order valence-electron chi connectivity index (χ1n) is 5.78. The molecule has 0 fully saturated rings. The summed E-state index contributed by atoms with van der Waals surface area (Å²) in [5.41, 5.74) is 0.912. The van der Waals surface area contributed by atoms with E-state index in [9.17, 15) is 4.79 Å². The number of aromatic nitrogens is 1. The zero-order valence-corrected chi connectivity index (χ0v) is 11.5. The molecule has 0 aliphatic carbocycles. The van der Waals surface area contributed by atoms with E-state index in [0.717, 1.165) is 5.56 Å². The van der Waals surface area contributed by atoms with Gasteiger partial charge < -0.3 is 9.84 Å². The van der Waals surface area contributed by atoms with Crippen LogP contribution >= 0.6 is 0 Å². The van der Waals surface area contributed by atoms with Crippen molar-refractivity contribution in [2.45, 2.75) is 39.9 Å². The zero-order chi connectivity index (χ0) is 13.9. The van der Waals surface area contributed by atoms with Crippen LogP contribution in [0.4, 0.5) is 10.6 Å². The average Bonchev–Trinajstić information content (AvgIpc) is 2.24. The molecule has 0 aliphatic heterocycles. The van der Waals surface area contributed by atoms with Gasteiger partial charge in [0.1, 0.15) is 11.4 Å². The summed E-state index contributed by atoms with van der Waals surface area (Å²) in [5, 5.41) is 9.10. The lowest BCUT2D eigenvalue weighted by atomic mass is 10.2. The van der Waals surface area contributed by atoms with Crippen LogP contribution in [0.3, 0.4) is 0 Å². The minimum Gasteiger partial charge on any atom is -0.443 e. The number of carbonyl (C=O) groups is 1. The number of aliphatic hydroxyl groups excluding tert-OH is 1. The normalized spacial score (nSPS) is 11.2. The number of hydrogen-bond donors (Lipinski definition) is 1. The molecule has 1 heterocycles. The number of aryl methyl sites for hydroxylation is 1. The molecular formula is C13H20N2O3. The highest BCUT2D eigenvalue weighted by molar-refractivity contribution is 5.86. The van der Waals surface area contributed by atoms with Crippen molar-refractivity contribution >= 4 is 11.9 Å². The molecule has 0 aliphatic rings. The predicted molar refractivity (Wildman–Crippen MR) is 69.5 cm³/mol. The molecule has 5 heteroatoms.